The second kappa shape index (κ2) is 5.05. The van der Waals surface area contributed by atoms with Crippen molar-refractivity contribution in [2.75, 3.05) is 6.61 Å². The van der Waals surface area contributed by atoms with Gasteiger partial charge in [0.25, 0.3) is 0 Å². The predicted molar refractivity (Wildman–Crippen MR) is 79.3 cm³/mol. The summed E-state index contributed by atoms with van der Waals surface area (Å²) >= 11 is 0. The molecule has 1 aliphatic heterocycles. The van der Waals surface area contributed by atoms with Crippen LogP contribution < -0.4 is 16.0 Å². The number of para-hydroxylation sites is 1. The van der Waals surface area contributed by atoms with Gasteiger partial charge in [-0.1, -0.05) is 24.6 Å². The van der Waals surface area contributed by atoms with Gasteiger partial charge in [0.1, 0.15) is 5.75 Å². The molecule has 0 bridgehead atoms. The number of ether oxygens (including phenoxy) is 1. The summed E-state index contributed by atoms with van der Waals surface area (Å²) in [4.78, 5) is 0. The van der Waals surface area contributed by atoms with Crippen molar-refractivity contribution in [3.05, 3.63) is 29.8 Å². The smallest absolute Gasteiger partial charge is 0.122 e. The lowest BCUT2D eigenvalue weighted by Crippen LogP contribution is -2.39. The molecule has 4 unspecified atom stereocenters. The minimum Gasteiger partial charge on any atom is -0.493 e. The standard InChI is InChI=1S/C17H24N2O/c18-19-15(17-13-5-3-6-14(13)17)10-11-8-9-20-16-7-2-1-4-12(11)16/h1-2,4,7,11,13-15,17,19H,3,5-6,8-10,18H2. The molecule has 2 saturated carbocycles. The Morgan fingerprint density at radius 1 is 1.20 bits per heavy atom. The molecule has 0 spiro atoms. The zero-order valence-corrected chi connectivity index (χ0v) is 11.9. The molecule has 20 heavy (non-hydrogen) atoms. The lowest BCUT2D eigenvalue weighted by molar-refractivity contribution is 0.248. The zero-order chi connectivity index (χ0) is 13.5. The third kappa shape index (κ3) is 2.04. The van der Waals surface area contributed by atoms with E-state index in [0.717, 1.165) is 43.0 Å². The maximum atomic E-state index is 5.87. The second-order valence-electron chi connectivity index (χ2n) is 6.72. The van der Waals surface area contributed by atoms with E-state index in [9.17, 15) is 0 Å². The number of rotatable bonds is 4. The molecule has 3 heteroatoms. The Hall–Kier alpha value is -1.06. The predicted octanol–water partition coefficient (Wildman–Crippen LogP) is 2.82. The van der Waals surface area contributed by atoms with Gasteiger partial charge in [-0.3, -0.25) is 11.3 Å². The highest BCUT2D eigenvalue weighted by atomic mass is 16.5. The molecule has 4 rings (SSSR count). The molecule has 3 aliphatic rings. The van der Waals surface area contributed by atoms with Crippen molar-refractivity contribution in [2.24, 2.45) is 23.6 Å². The molecule has 0 amide bonds. The van der Waals surface area contributed by atoms with Crippen LogP contribution in [0.2, 0.25) is 0 Å². The van der Waals surface area contributed by atoms with E-state index in [1.807, 2.05) is 0 Å². The van der Waals surface area contributed by atoms with Crippen LogP contribution in [0.15, 0.2) is 24.3 Å². The highest BCUT2D eigenvalue weighted by Crippen LogP contribution is 2.60. The first-order chi connectivity index (χ1) is 9.88. The number of nitrogens with one attached hydrogen (secondary N) is 1. The van der Waals surface area contributed by atoms with Crippen LogP contribution in [0.5, 0.6) is 5.75 Å². The van der Waals surface area contributed by atoms with Gasteiger partial charge in [-0.25, -0.2) is 0 Å². The van der Waals surface area contributed by atoms with Crippen LogP contribution in [0.3, 0.4) is 0 Å². The second-order valence-corrected chi connectivity index (χ2v) is 6.72. The Labute approximate surface area is 120 Å². The number of fused-ring (bicyclic) bond motifs is 2. The molecule has 3 N–H and O–H groups in total. The highest BCUT2D eigenvalue weighted by molar-refractivity contribution is 5.37. The topological polar surface area (TPSA) is 47.3 Å². The van der Waals surface area contributed by atoms with Gasteiger partial charge in [0, 0.05) is 6.04 Å². The number of hydrogen-bond donors (Lipinski definition) is 2. The first kappa shape index (κ1) is 12.7. The van der Waals surface area contributed by atoms with Crippen molar-refractivity contribution in [3.8, 4) is 5.75 Å². The summed E-state index contributed by atoms with van der Waals surface area (Å²) < 4.78 is 5.77. The molecule has 4 atom stereocenters. The van der Waals surface area contributed by atoms with Crippen molar-refractivity contribution in [3.63, 3.8) is 0 Å². The van der Waals surface area contributed by atoms with Gasteiger partial charge in [0.2, 0.25) is 0 Å². The van der Waals surface area contributed by atoms with Gasteiger partial charge < -0.3 is 4.74 Å². The summed E-state index contributed by atoms with van der Waals surface area (Å²) in [6.45, 7) is 0.844. The lowest BCUT2D eigenvalue weighted by atomic mass is 9.85. The number of benzene rings is 1. The van der Waals surface area contributed by atoms with Gasteiger partial charge in [-0.05, 0) is 61.0 Å². The van der Waals surface area contributed by atoms with Crippen LogP contribution >= 0.6 is 0 Å². The fraction of sp³-hybridized carbons (Fsp3) is 0.647. The molecule has 1 aromatic rings. The monoisotopic (exact) mass is 272 g/mol. The largest absolute Gasteiger partial charge is 0.493 e. The highest BCUT2D eigenvalue weighted by Gasteiger charge is 2.55. The molecule has 108 valence electrons. The van der Waals surface area contributed by atoms with Crippen LogP contribution in [0.4, 0.5) is 0 Å². The van der Waals surface area contributed by atoms with Crippen LogP contribution in [-0.2, 0) is 0 Å². The van der Waals surface area contributed by atoms with E-state index in [1.54, 1.807) is 0 Å². The lowest BCUT2D eigenvalue weighted by Gasteiger charge is -2.29. The fourth-order valence-electron chi connectivity index (χ4n) is 4.78. The Bertz CT molecular complexity index is 480. The van der Waals surface area contributed by atoms with Crippen LogP contribution in [0.1, 0.15) is 43.6 Å². The molecular formula is C17H24N2O. The number of nitrogens with two attached hydrogens (primary N) is 1. The molecule has 1 aromatic carbocycles. The third-order valence-electron chi connectivity index (χ3n) is 5.77. The fourth-order valence-corrected chi connectivity index (χ4v) is 4.78. The Kier molecular flexibility index (Phi) is 3.20. The first-order valence-electron chi connectivity index (χ1n) is 8.06. The van der Waals surface area contributed by atoms with Crippen molar-refractivity contribution in [1.82, 2.24) is 5.43 Å². The summed E-state index contributed by atoms with van der Waals surface area (Å²) in [5.74, 6) is 10.3. The van der Waals surface area contributed by atoms with Crippen molar-refractivity contribution >= 4 is 0 Å². The maximum Gasteiger partial charge on any atom is 0.122 e. The van der Waals surface area contributed by atoms with Gasteiger partial charge >= 0.3 is 0 Å². The Balaban J connectivity index is 1.48. The Morgan fingerprint density at radius 2 is 2.00 bits per heavy atom. The van der Waals surface area contributed by atoms with Gasteiger partial charge in [-0.2, -0.15) is 0 Å². The molecule has 1 heterocycles. The van der Waals surface area contributed by atoms with Crippen LogP contribution in [-0.4, -0.2) is 12.6 Å². The third-order valence-corrected chi connectivity index (χ3v) is 5.77. The summed E-state index contributed by atoms with van der Waals surface area (Å²) in [5, 5.41) is 0. The Morgan fingerprint density at radius 3 is 2.80 bits per heavy atom. The van der Waals surface area contributed by atoms with Gasteiger partial charge in [0.05, 0.1) is 6.61 Å². The van der Waals surface area contributed by atoms with E-state index >= 15 is 0 Å². The maximum absolute atomic E-state index is 5.87. The minimum absolute atomic E-state index is 0.487. The summed E-state index contributed by atoms with van der Waals surface area (Å²) in [6.07, 6.45) is 6.57. The van der Waals surface area contributed by atoms with Crippen molar-refractivity contribution < 1.29 is 4.74 Å². The molecule has 0 aromatic heterocycles. The van der Waals surface area contributed by atoms with Gasteiger partial charge in [-0.15, -0.1) is 0 Å². The van der Waals surface area contributed by atoms with E-state index in [2.05, 4.69) is 29.7 Å². The molecule has 3 nitrogen and oxygen atoms in total. The molecule has 2 fully saturated rings. The van der Waals surface area contributed by atoms with Crippen molar-refractivity contribution in [2.45, 2.75) is 44.1 Å². The quantitative estimate of drug-likeness (QED) is 0.654. The van der Waals surface area contributed by atoms with Crippen LogP contribution in [0.25, 0.3) is 0 Å². The number of hydrogen-bond acceptors (Lipinski definition) is 3. The van der Waals surface area contributed by atoms with E-state index in [0.29, 0.717) is 12.0 Å². The average Bonchev–Trinajstić information content (AvgIpc) is 2.96. The van der Waals surface area contributed by atoms with Crippen LogP contribution in [0, 0.1) is 17.8 Å². The summed E-state index contributed by atoms with van der Waals surface area (Å²) in [7, 11) is 0. The minimum atomic E-state index is 0.487. The molecular weight excluding hydrogens is 248 g/mol. The number of hydrazine groups is 1. The molecule has 0 saturated heterocycles. The van der Waals surface area contributed by atoms with E-state index in [1.165, 1.54) is 24.8 Å². The summed E-state index contributed by atoms with van der Waals surface area (Å²) in [5.41, 5.74) is 4.51. The molecule has 0 radical (unpaired) electrons. The average molecular weight is 272 g/mol. The van der Waals surface area contributed by atoms with E-state index < -0.39 is 0 Å². The summed E-state index contributed by atoms with van der Waals surface area (Å²) in [6, 6.07) is 8.99. The van der Waals surface area contributed by atoms with Gasteiger partial charge in [0.15, 0.2) is 0 Å². The van der Waals surface area contributed by atoms with Crippen molar-refractivity contribution in [1.29, 1.82) is 0 Å². The molecule has 2 aliphatic carbocycles. The normalized spacial score (nSPS) is 35.9. The first-order valence-corrected chi connectivity index (χ1v) is 8.06. The van der Waals surface area contributed by atoms with E-state index in [4.69, 9.17) is 10.6 Å². The van der Waals surface area contributed by atoms with E-state index in [-0.39, 0.29) is 0 Å². The zero-order valence-electron chi connectivity index (χ0n) is 11.9. The SMILES string of the molecule is NNC(CC1CCOc2ccccc21)C1C2CCCC21.